The molecule has 0 bridgehead atoms. The molecule has 23 heavy (non-hydrogen) atoms. The molecular formula is C17H25N3O3. The monoisotopic (exact) mass is 319 g/mol. The van der Waals surface area contributed by atoms with E-state index in [0.717, 1.165) is 62.8 Å². The third-order valence-corrected chi connectivity index (χ3v) is 4.34. The minimum Gasteiger partial charge on any atom is -0.454 e. The van der Waals surface area contributed by atoms with Gasteiger partial charge in [0.05, 0.1) is 0 Å². The van der Waals surface area contributed by atoms with Crippen molar-refractivity contribution in [1.29, 1.82) is 0 Å². The SMILES string of the molecule is CCCCCNC(=O)N1CCN(c2ccc3c(c2)OCO3)CC1. The number of hydrogen-bond donors (Lipinski definition) is 1. The zero-order valence-electron chi connectivity index (χ0n) is 13.7. The van der Waals surface area contributed by atoms with Crippen LogP contribution in [0.5, 0.6) is 11.5 Å². The zero-order valence-corrected chi connectivity index (χ0v) is 13.7. The fourth-order valence-electron chi connectivity index (χ4n) is 2.93. The highest BCUT2D eigenvalue weighted by Crippen LogP contribution is 2.35. The first-order valence-electron chi connectivity index (χ1n) is 8.45. The van der Waals surface area contributed by atoms with Gasteiger partial charge in [-0.25, -0.2) is 4.79 Å². The molecule has 2 heterocycles. The van der Waals surface area contributed by atoms with Crippen molar-refractivity contribution < 1.29 is 14.3 Å². The average Bonchev–Trinajstić information content (AvgIpc) is 3.06. The number of rotatable bonds is 5. The molecule has 1 saturated heterocycles. The molecule has 0 radical (unpaired) electrons. The fourth-order valence-corrected chi connectivity index (χ4v) is 2.93. The standard InChI is InChI=1S/C17H25N3O3/c1-2-3-4-7-18-17(21)20-10-8-19(9-11-20)14-5-6-15-16(12-14)23-13-22-15/h5-6,12H,2-4,7-11,13H2,1H3,(H,18,21). The molecule has 1 aromatic rings. The Balaban J connectivity index is 1.47. The number of ether oxygens (including phenoxy) is 2. The van der Waals surface area contributed by atoms with Crippen LogP contribution in [0, 0.1) is 0 Å². The predicted octanol–water partition coefficient (Wildman–Crippen LogP) is 2.44. The molecule has 0 aromatic heterocycles. The van der Waals surface area contributed by atoms with E-state index >= 15 is 0 Å². The number of carbonyl (C=O) groups is 1. The number of unbranched alkanes of at least 4 members (excludes halogenated alkanes) is 2. The van der Waals surface area contributed by atoms with Gasteiger partial charge in [0.15, 0.2) is 11.5 Å². The van der Waals surface area contributed by atoms with E-state index in [1.807, 2.05) is 23.1 Å². The molecule has 2 amide bonds. The summed E-state index contributed by atoms with van der Waals surface area (Å²) in [7, 11) is 0. The Hall–Kier alpha value is -2.11. The van der Waals surface area contributed by atoms with Gasteiger partial charge in [-0.3, -0.25) is 0 Å². The molecule has 2 aliphatic heterocycles. The lowest BCUT2D eigenvalue weighted by molar-refractivity contribution is 0.174. The quantitative estimate of drug-likeness (QED) is 0.847. The van der Waals surface area contributed by atoms with Gasteiger partial charge in [0, 0.05) is 44.5 Å². The second-order valence-corrected chi connectivity index (χ2v) is 5.95. The van der Waals surface area contributed by atoms with E-state index in [9.17, 15) is 4.79 Å². The number of hydrogen-bond acceptors (Lipinski definition) is 4. The Morgan fingerprint density at radius 3 is 2.70 bits per heavy atom. The summed E-state index contributed by atoms with van der Waals surface area (Å²) >= 11 is 0. The van der Waals surface area contributed by atoms with Gasteiger partial charge in [0.1, 0.15) is 0 Å². The lowest BCUT2D eigenvalue weighted by Gasteiger charge is -2.36. The van der Waals surface area contributed by atoms with Gasteiger partial charge in [-0.1, -0.05) is 19.8 Å². The van der Waals surface area contributed by atoms with Crippen molar-refractivity contribution in [3.8, 4) is 11.5 Å². The minimum absolute atomic E-state index is 0.0615. The lowest BCUT2D eigenvalue weighted by atomic mass is 10.2. The van der Waals surface area contributed by atoms with Crippen LogP contribution in [-0.4, -0.2) is 50.4 Å². The van der Waals surface area contributed by atoms with Crippen LogP contribution in [0.3, 0.4) is 0 Å². The van der Waals surface area contributed by atoms with E-state index in [0.29, 0.717) is 6.79 Å². The molecule has 0 aliphatic carbocycles. The number of carbonyl (C=O) groups excluding carboxylic acids is 1. The number of nitrogens with one attached hydrogen (secondary N) is 1. The third kappa shape index (κ3) is 3.81. The summed E-state index contributed by atoms with van der Waals surface area (Å²) in [4.78, 5) is 16.3. The highest BCUT2D eigenvalue weighted by atomic mass is 16.7. The molecule has 6 nitrogen and oxygen atoms in total. The van der Waals surface area contributed by atoms with Gasteiger partial charge in [-0.2, -0.15) is 0 Å². The van der Waals surface area contributed by atoms with Gasteiger partial charge < -0.3 is 24.6 Å². The largest absolute Gasteiger partial charge is 0.454 e. The Morgan fingerprint density at radius 2 is 1.91 bits per heavy atom. The van der Waals surface area contributed by atoms with Gasteiger partial charge in [0.2, 0.25) is 6.79 Å². The van der Waals surface area contributed by atoms with Crippen LogP contribution < -0.4 is 19.7 Å². The zero-order chi connectivity index (χ0) is 16.1. The van der Waals surface area contributed by atoms with Crippen molar-refractivity contribution in [2.45, 2.75) is 26.2 Å². The number of urea groups is 1. The van der Waals surface area contributed by atoms with E-state index < -0.39 is 0 Å². The summed E-state index contributed by atoms with van der Waals surface area (Å²) in [6.07, 6.45) is 3.39. The van der Waals surface area contributed by atoms with Crippen LogP contribution in [0.1, 0.15) is 26.2 Å². The maximum absolute atomic E-state index is 12.1. The van der Waals surface area contributed by atoms with E-state index in [4.69, 9.17) is 9.47 Å². The van der Waals surface area contributed by atoms with Crippen molar-refractivity contribution in [2.24, 2.45) is 0 Å². The van der Waals surface area contributed by atoms with Crippen LogP contribution in [0.4, 0.5) is 10.5 Å². The predicted molar refractivity (Wildman–Crippen MR) is 89.3 cm³/mol. The third-order valence-electron chi connectivity index (χ3n) is 4.34. The van der Waals surface area contributed by atoms with Gasteiger partial charge >= 0.3 is 6.03 Å². The average molecular weight is 319 g/mol. The molecule has 0 saturated carbocycles. The van der Waals surface area contributed by atoms with Gasteiger partial charge in [-0.15, -0.1) is 0 Å². The number of anilines is 1. The van der Waals surface area contributed by atoms with Crippen LogP contribution in [0.15, 0.2) is 18.2 Å². The Bertz CT molecular complexity index is 542. The molecule has 0 unspecified atom stereocenters. The van der Waals surface area contributed by atoms with Crippen molar-refractivity contribution >= 4 is 11.7 Å². The van der Waals surface area contributed by atoms with Crippen molar-refractivity contribution in [3.05, 3.63) is 18.2 Å². The van der Waals surface area contributed by atoms with Crippen molar-refractivity contribution in [2.75, 3.05) is 44.4 Å². The first-order valence-corrected chi connectivity index (χ1v) is 8.45. The number of nitrogens with zero attached hydrogens (tertiary/aromatic N) is 2. The van der Waals surface area contributed by atoms with Crippen LogP contribution in [0.25, 0.3) is 0 Å². The minimum atomic E-state index is 0.0615. The van der Waals surface area contributed by atoms with E-state index in [1.54, 1.807) is 0 Å². The molecule has 1 aromatic carbocycles. The van der Waals surface area contributed by atoms with Gasteiger partial charge in [-0.05, 0) is 18.6 Å². The Kier molecular flexibility index (Phi) is 5.10. The summed E-state index contributed by atoms with van der Waals surface area (Å²) in [5.41, 5.74) is 1.12. The molecule has 3 rings (SSSR count). The second kappa shape index (κ2) is 7.44. The fraction of sp³-hybridized carbons (Fsp3) is 0.588. The molecule has 0 spiro atoms. The number of fused-ring (bicyclic) bond motifs is 1. The Labute approximate surface area is 137 Å². The van der Waals surface area contributed by atoms with Crippen molar-refractivity contribution in [3.63, 3.8) is 0 Å². The lowest BCUT2D eigenvalue weighted by Crippen LogP contribution is -2.52. The molecule has 2 aliphatic rings. The molecule has 1 fully saturated rings. The highest BCUT2D eigenvalue weighted by molar-refractivity contribution is 5.74. The summed E-state index contributed by atoms with van der Waals surface area (Å²) < 4.78 is 10.8. The van der Waals surface area contributed by atoms with Gasteiger partial charge in [0.25, 0.3) is 0 Å². The summed E-state index contributed by atoms with van der Waals surface area (Å²) in [5.74, 6) is 1.61. The Morgan fingerprint density at radius 1 is 1.13 bits per heavy atom. The van der Waals surface area contributed by atoms with Crippen molar-refractivity contribution in [1.82, 2.24) is 10.2 Å². The topological polar surface area (TPSA) is 54.0 Å². The normalized spacial score (nSPS) is 16.6. The van der Waals surface area contributed by atoms with Crippen LogP contribution in [0.2, 0.25) is 0 Å². The van der Waals surface area contributed by atoms with E-state index in [-0.39, 0.29) is 6.03 Å². The first-order chi connectivity index (χ1) is 11.3. The molecule has 126 valence electrons. The molecular weight excluding hydrogens is 294 g/mol. The molecule has 6 heteroatoms. The maximum atomic E-state index is 12.1. The summed E-state index contributed by atoms with van der Waals surface area (Å²) in [6.45, 7) is 6.39. The first kappa shape index (κ1) is 15.8. The summed E-state index contributed by atoms with van der Waals surface area (Å²) in [5, 5.41) is 3.01. The second-order valence-electron chi connectivity index (χ2n) is 5.95. The number of piperazine rings is 1. The molecule has 1 N–H and O–H groups in total. The smallest absolute Gasteiger partial charge is 0.317 e. The summed E-state index contributed by atoms with van der Waals surface area (Å²) in [6, 6.07) is 6.08. The van der Waals surface area contributed by atoms with Crippen LogP contribution in [-0.2, 0) is 0 Å². The number of benzene rings is 1. The maximum Gasteiger partial charge on any atom is 0.317 e. The van der Waals surface area contributed by atoms with E-state index in [1.165, 1.54) is 6.42 Å². The van der Waals surface area contributed by atoms with Crippen LogP contribution >= 0.6 is 0 Å². The molecule has 0 atom stereocenters. The van der Waals surface area contributed by atoms with E-state index in [2.05, 4.69) is 17.1 Å². The number of amides is 2. The highest BCUT2D eigenvalue weighted by Gasteiger charge is 2.22.